The Morgan fingerprint density at radius 2 is 1.57 bits per heavy atom. The quantitative estimate of drug-likeness (QED) is 0.384. The van der Waals surface area contributed by atoms with Crippen LogP contribution in [0.5, 0.6) is 0 Å². The summed E-state index contributed by atoms with van der Waals surface area (Å²) in [5.74, 6) is -1.82. The molecule has 0 saturated carbocycles. The second-order valence-electron chi connectivity index (χ2n) is 4.84. The Hall–Kier alpha value is -2.62. The molecular formula is C17H17NO3. The zero-order chi connectivity index (χ0) is 15.1. The Labute approximate surface area is 123 Å². The van der Waals surface area contributed by atoms with Crippen molar-refractivity contribution >= 4 is 12.2 Å². The Bertz CT molecular complexity index is 608. The van der Waals surface area contributed by atoms with Gasteiger partial charge >= 0.3 is 5.97 Å². The number of hydroxylamine groups is 1. The molecule has 0 amide bonds. The predicted molar refractivity (Wildman–Crippen MR) is 81.1 cm³/mol. The molecule has 0 fully saturated rings. The van der Waals surface area contributed by atoms with Gasteiger partial charge in [0.05, 0.1) is 0 Å². The molecule has 0 aliphatic carbocycles. The fraction of sp³-hybridized carbons (Fsp3) is 0.176. The van der Waals surface area contributed by atoms with Crippen molar-refractivity contribution < 1.29 is 14.6 Å². The summed E-state index contributed by atoms with van der Waals surface area (Å²) in [5, 5.41) is 21.2. The first-order valence-corrected chi connectivity index (χ1v) is 6.74. The van der Waals surface area contributed by atoms with Crippen molar-refractivity contribution in [3.63, 3.8) is 0 Å². The van der Waals surface area contributed by atoms with E-state index in [9.17, 15) is 15.1 Å². The molecule has 108 valence electrons. The average molecular weight is 283 g/mol. The minimum absolute atomic E-state index is 0.152. The summed E-state index contributed by atoms with van der Waals surface area (Å²) >= 11 is 0. The Morgan fingerprint density at radius 3 is 2.10 bits per heavy atom. The zero-order valence-electron chi connectivity index (χ0n) is 11.6. The van der Waals surface area contributed by atoms with Gasteiger partial charge < -0.3 is 10.3 Å². The molecule has 0 spiro atoms. The van der Waals surface area contributed by atoms with Crippen molar-refractivity contribution in [2.45, 2.75) is 13.0 Å². The molecule has 1 atom stereocenters. The number of rotatable bonds is 6. The minimum Gasteiger partial charge on any atom is -0.624 e. The highest BCUT2D eigenvalue weighted by atomic mass is 16.5. The van der Waals surface area contributed by atoms with Crippen molar-refractivity contribution in [3.05, 3.63) is 77.0 Å². The van der Waals surface area contributed by atoms with E-state index in [-0.39, 0.29) is 6.54 Å². The zero-order valence-corrected chi connectivity index (χ0v) is 11.6. The molecule has 21 heavy (non-hydrogen) atoms. The van der Waals surface area contributed by atoms with Crippen molar-refractivity contribution in [1.82, 2.24) is 0 Å². The van der Waals surface area contributed by atoms with Crippen LogP contribution >= 0.6 is 0 Å². The number of hydrogen-bond acceptors (Lipinski definition) is 2. The summed E-state index contributed by atoms with van der Waals surface area (Å²) in [6.45, 7) is 0.152. The van der Waals surface area contributed by atoms with E-state index in [2.05, 4.69) is 0 Å². The second-order valence-corrected chi connectivity index (χ2v) is 4.84. The lowest BCUT2D eigenvalue weighted by Gasteiger charge is -2.09. The van der Waals surface area contributed by atoms with Gasteiger partial charge in [-0.15, -0.1) is 0 Å². The molecule has 2 rings (SSSR count). The van der Waals surface area contributed by atoms with E-state index in [0.717, 1.165) is 11.1 Å². The molecule has 4 nitrogen and oxygen atoms in total. The van der Waals surface area contributed by atoms with Gasteiger partial charge in [0.15, 0.2) is 12.8 Å². The van der Waals surface area contributed by atoms with Crippen molar-refractivity contribution in [3.8, 4) is 0 Å². The Balaban J connectivity index is 2.08. The lowest BCUT2D eigenvalue weighted by molar-refractivity contribution is -0.472. The number of nitrogens with zero attached hydrogens (tertiary/aromatic N) is 1. The summed E-state index contributed by atoms with van der Waals surface area (Å²) in [6, 6.07) is 18.5. The smallest absolute Gasteiger partial charge is 0.316 e. The summed E-state index contributed by atoms with van der Waals surface area (Å²) in [5.41, 5.74) is 1.75. The van der Waals surface area contributed by atoms with Gasteiger partial charge in [-0.3, -0.25) is 4.79 Å². The highest BCUT2D eigenvalue weighted by molar-refractivity contribution is 5.87. The Morgan fingerprint density at radius 1 is 1.05 bits per heavy atom. The van der Waals surface area contributed by atoms with Crippen LogP contribution < -0.4 is 0 Å². The van der Waals surface area contributed by atoms with Crippen LogP contribution in [0.25, 0.3) is 0 Å². The molecule has 0 aliphatic rings. The standard InChI is InChI=1S/C17H17NO3/c19-17(20)16(11-14-7-3-1-4-8-14)13-18(21)12-15-9-5-2-6-10-15/h1-10,13,16H,11-12H2,(H,19,20)/b18-13-. The van der Waals surface area contributed by atoms with E-state index in [0.29, 0.717) is 11.2 Å². The molecule has 2 aromatic carbocycles. The van der Waals surface area contributed by atoms with E-state index in [1.54, 1.807) is 0 Å². The molecule has 0 bridgehead atoms. The largest absolute Gasteiger partial charge is 0.624 e. The fourth-order valence-corrected chi connectivity index (χ4v) is 2.09. The topological polar surface area (TPSA) is 63.4 Å². The van der Waals surface area contributed by atoms with Crippen molar-refractivity contribution in [1.29, 1.82) is 0 Å². The lowest BCUT2D eigenvalue weighted by atomic mass is 10.0. The van der Waals surface area contributed by atoms with Crippen LogP contribution in [0.2, 0.25) is 0 Å². The Kier molecular flexibility index (Phi) is 5.10. The SMILES string of the molecule is O=C(O)C(/C=[N+](\[O-])Cc1ccccc1)Cc1ccccc1. The normalized spacial score (nSPS) is 12.9. The highest BCUT2D eigenvalue weighted by Gasteiger charge is 2.19. The van der Waals surface area contributed by atoms with Crippen LogP contribution in [0.1, 0.15) is 11.1 Å². The van der Waals surface area contributed by atoms with Crippen molar-refractivity contribution in [2.24, 2.45) is 5.92 Å². The number of carbonyl (C=O) groups is 1. The summed E-state index contributed by atoms with van der Waals surface area (Å²) < 4.78 is 0.692. The van der Waals surface area contributed by atoms with Crippen LogP contribution in [0.4, 0.5) is 0 Å². The van der Waals surface area contributed by atoms with Crippen LogP contribution in [0, 0.1) is 11.1 Å². The number of hydrogen-bond donors (Lipinski definition) is 1. The van der Waals surface area contributed by atoms with Gasteiger partial charge in [-0.2, -0.15) is 0 Å². The highest BCUT2D eigenvalue weighted by Crippen LogP contribution is 2.08. The van der Waals surface area contributed by atoms with E-state index >= 15 is 0 Å². The van der Waals surface area contributed by atoms with Gasteiger partial charge in [0, 0.05) is 5.56 Å². The molecule has 0 radical (unpaired) electrons. The summed E-state index contributed by atoms with van der Waals surface area (Å²) in [6.07, 6.45) is 1.55. The average Bonchev–Trinajstić information content (AvgIpc) is 2.48. The monoisotopic (exact) mass is 283 g/mol. The van der Waals surface area contributed by atoms with Crippen LogP contribution in [0.15, 0.2) is 60.7 Å². The first-order chi connectivity index (χ1) is 10.1. The van der Waals surface area contributed by atoms with Crippen LogP contribution in [-0.4, -0.2) is 22.0 Å². The molecule has 1 N–H and O–H groups in total. The molecule has 0 heterocycles. The van der Waals surface area contributed by atoms with Gasteiger partial charge in [0.1, 0.15) is 5.92 Å². The number of benzene rings is 2. The van der Waals surface area contributed by atoms with Gasteiger partial charge in [-0.05, 0) is 12.0 Å². The maximum atomic E-state index is 11.9. The second kappa shape index (κ2) is 7.24. The molecule has 4 heteroatoms. The third-order valence-corrected chi connectivity index (χ3v) is 3.14. The van der Waals surface area contributed by atoms with Gasteiger partial charge in [-0.25, -0.2) is 4.74 Å². The maximum absolute atomic E-state index is 11.9. The number of aliphatic carboxylic acids is 1. The number of carboxylic acids is 1. The summed E-state index contributed by atoms with van der Waals surface area (Å²) in [4.78, 5) is 11.3. The van der Waals surface area contributed by atoms with Gasteiger partial charge in [-0.1, -0.05) is 60.7 Å². The molecule has 1 unspecified atom stereocenters. The van der Waals surface area contributed by atoms with E-state index in [1.165, 1.54) is 6.21 Å². The van der Waals surface area contributed by atoms with E-state index in [4.69, 9.17) is 0 Å². The molecular weight excluding hydrogens is 266 g/mol. The van der Waals surface area contributed by atoms with E-state index < -0.39 is 11.9 Å². The van der Waals surface area contributed by atoms with Gasteiger partial charge in [0.25, 0.3) is 0 Å². The molecule has 2 aromatic rings. The maximum Gasteiger partial charge on any atom is 0.316 e. The summed E-state index contributed by atoms with van der Waals surface area (Å²) in [7, 11) is 0. The molecule has 0 aromatic heterocycles. The van der Waals surface area contributed by atoms with Crippen LogP contribution in [0.3, 0.4) is 0 Å². The number of carboxylic acid groups (broad SMARTS) is 1. The lowest BCUT2D eigenvalue weighted by Crippen LogP contribution is -2.22. The van der Waals surface area contributed by atoms with Crippen LogP contribution in [-0.2, 0) is 17.8 Å². The third-order valence-electron chi connectivity index (χ3n) is 3.14. The first-order valence-electron chi connectivity index (χ1n) is 6.74. The third kappa shape index (κ3) is 4.76. The first kappa shape index (κ1) is 14.8. The van der Waals surface area contributed by atoms with Crippen molar-refractivity contribution in [2.75, 3.05) is 0 Å². The molecule has 0 aliphatic heterocycles. The predicted octanol–water partition coefficient (Wildman–Crippen LogP) is 2.71. The molecule has 0 saturated heterocycles. The fourth-order valence-electron chi connectivity index (χ4n) is 2.09. The van der Waals surface area contributed by atoms with Gasteiger partial charge in [0.2, 0.25) is 0 Å². The minimum atomic E-state index is -0.993. The van der Waals surface area contributed by atoms with E-state index in [1.807, 2.05) is 60.7 Å².